The van der Waals surface area contributed by atoms with Crippen LogP contribution in [0.5, 0.6) is 0 Å². The maximum atomic E-state index is 2.36. The van der Waals surface area contributed by atoms with E-state index < -0.39 is 0 Å². The molecule has 0 aliphatic rings. The molecule has 278 valence electrons. The Bertz CT molecular complexity index is 2540. The van der Waals surface area contributed by atoms with Crippen LogP contribution in [0.3, 0.4) is 0 Å². The third-order valence-electron chi connectivity index (χ3n) is 10.8. The van der Waals surface area contributed by atoms with Gasteiger partial charge in [0.1, 0.15) is 0 Å². The average molecular weight is 745 g/mol. The van der Waals surface area contributed by atoms with Crippen LogP contribution in [0.4, 0.5) is 34.1 Å². The van der Waals surface area contributed by atoms with Gasteiger partial charge in [-0.15, -0.1) is 0 Å². The largest absolute Gasteiger partial charge is 0.310 e. The summed E-state index contributed by atoms with van der Waals surface area (Å²) in [7, 11) is 0. The second-order valence-electron chi connectivity index (χ2n) is 14.8. The van der Waals surface area contributed by atoms with Crippen molar-refractivity contribution in [3.05, 3.63) is 242 Å². The minimum absolute atomic E-state index is 1.11. The molecule has 9 rings (SSSR count). The predicted octanol–water partition coefficient (Wildman–Crippen LogP) is 15.9. The van der Waals surface area contributed by atoms with Gasteiger partial charge in [-0.25, -0.2) is 0 Å². The highest BCUT2D eigenvalue weighted by molar-refractivity contribution is 5.90. The van der Waals surface area contributed by atoms with Crippen LogP contribution in [0.15, 0.2) is 231 Å². The molecule has 0 atom stereocenters. The van der Waals surface area contributed by atoms with Crippen molar-refractivity contribution < 1.29 is 0 Å². The van der Waals surface area contributed by atoms with E-state index in [-0.39, 0.29) is 0 Å². The number of aryl methyl sites for hydroxylation is 2. The molecule has 0 spiro atoms. The molecular weight excluding hydrogens is 701 g/mol. The first kappa shape index (κ1) is 36.2. The maximum absolute atomic E-state index is 2.36. The van der Waals surface area contributed by atoms with Gasteiger partial charge in [-0.3, -0.25) is 0 Å². The first-order valence-electron chi connectivity index (χ1n) is 19.9. The molecule has 0 fully saturated rings. The molecule has 0 amide bonds. The van der Waals surface area contributed by atoms with E-state index in [1.807, 2.05) is 0 Å². The Labute approximate surface area is 342 Å². The summed E-state index contributed by atoms with van der Waals surface area (Å²) in [4.78, 5) is 4.72. The summed E-state index contributed by atoms with van der Waals surface area (Å²) in [5, 5.41) is 0. The Hall–Kier alpha value is -7.42. The van der Waals surface area contributed by atoms with Gasteiger partial charge in [0.05, 0.1) is 11.4 Å². The summed E-state index contributed by atoms with van der Waals surface area (Å²) < 4.78 is 0. The third kappa shape index (κ3) is 7.56. The van der Waals surface area contributed by atoms with E-state index >= 15 is 0 Å². The summed E-state index contributed by atoms with van der Waals surface area (Å²) >= 11 is 0. The fraction of sp³-hybridized carbons (Fsp3) is 0.0357. The molecule has 0 N–H and O–H groups in total. The normalized spacial score (nSPS) is 10.9. The first-order chi connectivity index (χ1) is 28.6. The molecule has 9 aromatic carbocycles. The number of hydrogen-bond acceptors (Lipinski definition) is 2. The van der Waals surface area contributed by atoms with E-state index in [9.17, 15) is 0 Å². The van der Waals surface area contributed by atoms with Gasteiger partial charge in [0.15, 0.2) is 0 Å². The van der Waals surface area contributed by atoms with Crippen LogP contribution in [0.2, 0.25) is 0 Å². The molecule has 0 radical (unpaired) electrons. The van der Waals surface area contributed by atoms with E-state index in [4.69, 9.17) is 0 Å². The zero-order chi connectivity index (χ0) is 39.3. The van der Waals surface area contributed by atoms with Crippen molar-refractivity contribution in [3.8, 4) is 44.5 Å². The van der Waals surface area contributed by atoms with E-state index in [2.05, 4.69) is 254 Å². The van der Waals surface area contributed by atoms with Crippen molar-refractivity contribution in [2.24, 2.45) is 0 Å². The number of hydrogen-bond donors (Lipinski definition) is 0. The minimum Gasteiger partial charge on any atom is -0.310 e. The number of para-hydroxylation sites is 2. The van der Waals surface area contributed by atoms with Gasteiger partial charge in [0.25, 0.3) is 0 Å². The molecule has 2 heteroatoms. The van der Waals surface area contributed by atoms with Crippen molar-refractivity contribution in [2.45, 2.75) is 13.8 Å². The second-order valence-corrected chi connectivity index (χ2v) is 14.8. The van der Waals surface area contributed by atoms with Gasteiger partial charge in [0.2, 0.25) is 0 Å². The average Bonchev–Trinajstić information content (AvgIpc) is 3.29. The lowest BCUT2D eigenvalue weighted by atomic mass is 9.98. The molecule has 0 saturated carbocycles. The molecule has 58 heavy (non-hydrogen) atoms. The Morgan fingerprint density at radius 2 is 0.483 bits per heavy atom. The van der Waals surface area contributed by atoms with Gasteiger partial charge in [-0.05, 0) is 108 Å². The summed E-state index contributed by atoms with van der Waals surface area (Å²) in [5.74, 6) is 0. The van der Waals surface area contributed by atoms with Crippen LogP contribution in [0.1, 0.15) is 11.1 Å². The zero-order valence-electron chi connectivity index (χ0n) is 32.8. The monoisotopic (exact) mass is 744 g/mol. The lowest BCUT2D eigenvalue weighted by Gasteiger charge is -2.28. The van der Waals surface area contributed by atoms with Crippen LogP contribution in [0, 0.1) is 13.8 Å². The molecule has 0 aliphatic heterocycles. The van der Waals surface area contributed by atoms with Crippen molar-refractivity contribution in [1.29, 1.82) is 0 Å². The molecule has 0 aromatic heterocycles. The zero-order valence-corrected chi connectivity index (χ0v) is 32.8. The number of benzene rings is 9. The van der Waals surface area contributed by atoms with Crippen molar-refractivity contribution in [3.63, 3.8) is 0 Å². The highest BCUT2D eigenvalue weighted by Gasteiger charge is 2.19. The predicted molar refractivity (Wildman–Crippen MR) is 247 cm³/mol. The van der Waals surface area contributed by atoms with Crippen LogP contribution in [0.25, 0.3) is 44.5 Å². The van der Waals surface area contributed by atoms with E-state index in [0.717, 1.165) is 34.1 Å². The third-order valence-corrected chi connectivity index (χ3v) is 10.8. The van der Waals surface area contributed by atoms with Gasteiger partial charge in [-0.2, -0.15) is 0 Å². The standard InChI is InChI=1S/C56H44N2/c1-41-21-33-49(34-22-41)57(55-19-11-9-17-53(55)47-13-5-3-6-14-47)51-37-29-45(30-38-51)43-25-27-44(28-26-43)46-31-39-52(40-32-46)58(50-35-23-42(2)24-36-50)56-20-12-10-18-54(56)48-15-7-4-8-16-48/h3-40H,1-2H3. The first-order valence-corrected chi connectivity index (χ1v) is 19.9. The van der Waals surface area contributed by atoms with Crippen molar-refractivity contribution in [2.75, 3.05) is 9.80 Å². The van der Waals surface area contributed by atoms with E-state index in [0.29, 0.717) is 0 Å². The highest BCUT2D eigenvalue weighted by Crippen LogP contribution is 2.43. The molecule has 0 unspecified atom stereocenters. The molecule has 0 heterocycles. The molecular formula is C56H44N2. The number of nitrogens with zero attached hydrogens (tertiary/aromatic N) is 2. The van der Waals surface area contributed by atoms with Crippen LogP contribution < -0.4 is 9.80 Å². The van der Waals surface area contributed by atoms with Crippen LogP contribution >= 0.6 is 0 Å². The maximum Gasteiger partial charge on any atom is 0.0540 e. The quantitative estimate of drug-likeness (QED) is 0.138. The lowest BCUT2D eigenvalue weighted by molar-refractivity contribution is 1.27. The second kappa shape index (κ2) is 16.4. The van der Waals surface area contributed by atoms with Crippen LogP contribution in [-0.2, 0) is 0 Å². The highest BCUT2D eigenvalue weighted by atomic mass is 15.1. The summed E-state index contributed by atoms with van der Waals surface area (Å²) in [5.41, 5.74) is 18.7. The molecule has 0 saturated heterocycles. The summed E-state index contributed by atoms with van der Waals surface area (Å²) in [6, 6.07) is 83.0. The molecule has 0 bridgehead atoms. The van der Waals surface area contributed by atoms with Gasteiger partial charge >= 0.3 is 0 Å². The van der Waals surface area contributed by atoms with E-state index in [1.165, 1.54) is 55.6 Å². The van der Waals surface area contributed by atoms with Crippen LogP contribution in [-0.4, -0.2) is 0 Å². The number of rotatable bonds is 10. The fourth-order valence-corrected chi connectivity index (χ4v) is 7.76. The van der Waals surface area contributed by atoms with Crippen molar-refractivity contribution >= 4 is 34.1 Å². The Kier molecular flexibility index (Phi) is 10.2. The molecule has 0 aliphatic carbocycles. The van der Waals surface area contributed by atoms with Crippen molar-refractivity contribution in [1.82, 2.24) is 0 Å². The van der Waals surface area contributed by atoms with Gasteiger partial charge in [0, 0.05) is 33.9 Å². The Morgan fingerprint density at radius 1 is 0.224 bits per heavy atom. The smallest absolute Gasteiger partial charge is 0.0540 e. The lowest BCUT2D eigenvalue weighted by Crippen LogP contribution is -2.11. The molecule has 9 aromatic rings. The van der Waals surface area contributed by atoms with Gasteiger partial charge in [-0.1, -0.05) is 181 Å². The topological polar surface area (TPSA) is 6.48 Å². The van der Waals surface area contributed by atoms with Gasteiger partial charge < -0.3 is 9.80 Å². The van der Waals surface area contributed by atoms with E-state index in [1.54, 1.807) is 0 Å². The SMILES string of the molecule is Cc1ccc(N(c2ccc(-c3ccc(-c4ccc(N(c5ccc(C)cc5)c5ccccc5-c5ccccc5)cc4)cc3)cc2)c2ccccc2-c2ccccc2)cc1. The Balaban J connectivity index is 1.00. The minimum atomic E-state index is 1.11. The molecule has 2 nitrogen and oxygen atoms in total. The fourth-order valence-electron chi connectivity index (χ4n) is 7.76. The summed E-state index contributed by atoms with van der Waals surface area (Å²) in [6.07, 6.45) is 0. The number of anilines is 6. The Morgan fingerprint density at radius 3 is 0.810 bits per heavy atom. The summed E-state index contributed by atoms with van der Waals surface area (Å²) in [6.45, 7) is 4.27.